The zero-order valence-electron chi connectivity index (χ0n) is 17.3. The Morgan fingerprint density at radius 2 is 1.21 bits per heavy atom. The van der Waals surface area contributed by atoms with Crippen LogP contribution < -0.4 is 11.1 Å². The Labute approximate surface area is 175 Å². The number of nitrogens with zero attached hydrogens (tertiary/aromatic N) is 1. The molecular formula is C26H31N3. The molecule has 0 spiro atoms. The Kier molecular flexibility index (Phi) is 9.65. The molecule has 3 heteroatoms. The van der Waals surface area contributed by atoms with Crippen LogP contribution in [0.4, 0.5) is 0 Å². The van der Waals surface area contributed by atoms with Crippen LogP contribution in [0.25, 0.3) is 0 Å². The van der Waals surface area contributed by atoms with Gasteiger partial charge in [-0.3, -0.25) is 5.32 Å². The number of nitriles is 1. The van der Waals surface area contributed by atoms with Crippen molar-refractivity contribution in [3.05, 3.63) is 108 Å². The van der Waals surface area contributed by atoms with Crippen molar-refractivity contribution in [3.63, 3.8) is 0 Å². The first-order chi connectivity index (χ1) is 14.1. The quantitative estimate of drug-likeness (QED) is 0.598. The van der Waals surface area contributed by atoms with Gasteiger partial charge in [-0.25, -0.2) is 0 Å². The molecule has 3 atom stereocenters. The van der Waals surface area contributed by atoms with Crippen molar-refractivity contribution in [1.82, 2.24) is 5.32 Å². The van der Waals surface area contributed by atoms with Gasteiger partial charge in [-0.15, -0.1) is 0 Å². The highest BCUT2D eigenvalue weighted by Crippen LogP contribution is 2.13. The van der Waals surface area contributed by atoms with Crippen LogP contribution in [-0.4, -0.2) is 12.1 Å². The Hall–Kier alpha value is -2.93. The third kappa shape index (κ3) is 8.74. The first kappa shape index (κ1) is 22.4. The van der Waals surface area contributed by atoms with Gasteiger partial charge in [-0.1, -0.05) is 91.0 Å². The number of nitrogens with one attached hydrogen (secondary N) is 1. The fourth-order valence-electron chi connectivity index (χ4n) is 3.15. The molecule has 3 nitrogen and oxygen atoms in total. The molecule has 3 aromatic carbocycles. The molecule has 0 fully saturated rings. The maximum absolute atomic E-state index is 9.28. The van der Waals surface area contributed by atoms with Gasteiger partial charge in [0.1, 0.15) is 6.04 Å². The second-order valence-electron chi connectivity index (χ2n) is 7.40. The van der Waals surface area contributed by atoms with Crippen molar-refractivity contribution >= 4 is 0 Å². The zero-order valence-corrected chi connectivity index (χ0v) is 17.3. The van der Waals surface area contributed by atoms with Gasteiger partial charge in [0.2, 0.25) is 0 Å². The number of nitrogens with two attached hydrogens (primary N) is 1. The lowest BCUT2D eigenvalue weighted by Gasteiger charge is -2.18. The third-order valence-electron chi connectivity index (χ3n) is 4.50. The van der Waals surface area contributed by atoms with Crippen LogP contribution in [0, 0.1) is 11.3 Å². The van der Waals surface area contributed by atoms with E-state index in [0.717, 1.165) is 18.4 Å². The van der Waals surface area contributed by atoms with Gasteiger partial charge < -0.3 is 5.73 Å². The smallest absolute Gasteiger partial charge is 0.121 e. The average Bonchev–Trinajstić information content (AvgIpc) is 2.74. The van der Waals surface area contributed by atoms with Crippen LogP contribution in [0.5, 0.6) is 0 Å². The molecule has 3 N–H and O–H groups in total. The fraction of sp³-hybridized carbons (Fsp3) is 0.269. The van der Waals surface area contributed by atoms with E-state index in [1.165, 1.54) is 11.1 Å². The number of benzene rings is 3. The molecular weight excluding hydrogens is 354 g/mol. The molecule has 0 amide bonds. The summed E-state index contributed by atoms with van der Waals surface area (Å²) in [5, 5.41) is 12.7. The molecule has 3 rings (SSSR count). The summed E-state index contributed by atoms with van der Waals surface area (Å²) in [5.41, 5.74) is 9.24. The molecule has 29 heavy (non-hydrogen) atoms. The van der Waals surface area contributed by atoms with E-state index in [2.05, 4.69) is 42.6 Å². The van der Waals surface area contributed by atoms with Crippen molar-refractivity contribution in [2.24, 2.45) is 5.73 Å². The predicted molar refractivity (Wildman–Crippen MR) is 121 cm³/mol. The van der Waals surface area contributed by atoms with E-state index < -0.39 is 0 Å². The molecule has 0 saturated carbocycles. The first-order valence-electron chi connectivity index (χ1n) is 10.1. The zero-order chi connectivity index (χ0) is 20.9. The summed E-state index contributed by atoms with van der Waals surface area (Å²) in [6.45, 7) is 4.13. The summed E-state index contributed by atoms with van der Waals surface area (Å²) in [4.78, 5) is 0. The minimum absolute atomic E-state index is 0.250. The highest BCUT2D eigenvalue weighted by Gasteiger charge is 2.13. The maximum Gasteiger partial charge on any atom is 0.121 e. The van der Waals surface area contributed by atoms with Crippen LogP contribution >= 0.6 is 0 Å². The maximum atomic E-state index is 9.28. The average molecular weight is 386 g/mol. The van der Waals surface area contributed by atoms with Crippen LogP contribution in [-0.2, 0) is 12.8 Å². The molecule has 0 aliphatic carbocycles. The van der Waals surface area contributed by atoms with E-state index in [9.17, 15) is 5.26 Å². The van der Waals surface area contributed by atoms with E-state index in [1.807, 2.05) is 73.7 Å². The largest absolute Gasteiger partial charge is 0.328 e. The summed E-state index contributed by atoms with van der Waals surface area (Å²) in [5.74, 6) is 0. The highest BCUT2D eigenvalue weighted by atomic mass is 14.9. The van der Waals surface area contributed by atoms with Gasteiger partial charge in [-0.2, -0.15) is 5.26 Å². The molecule has 150 valence electrons. The van der Waals surface area contributed by atoms with Gasteiger partial charge in [0.05, 0.1) is 6.07 Å². The molecule has 3 aromatic rings. The topological polar surface area (TPSA) is 61.8 Å². The minimum atomic E-state index is -0.250. The van der Waals surface area contributed by atoms with Crippen LogP contribution in [0.2, 0.25) is 0 Å². The lowest BCUT2D eigenvalue weighted by atomic mass is 10.0. The Balaban J connectivity index is 0.000000253. The third-order valence-corrected chi connectivity index (χ3v) is 4.50. The van der Waals surface area contributed by atoms with Crippen molar-refractivity contribution in [2.45, 2.75) is 44.8 Å². The van der Waals surface area contributed by atoms with Crippen molar-refractivity contribution in [1.29, 1.82) is 5.26 Å². The normalized spacial score (nSPS) is 13.3. The van der Waals surface area contributed by atoms with Gasteiger partial charge >= 0.3 is 0 Å². The second kappa shape index (κ2) is 12.5. The van der Waals surface area contributed by atoms with E-state index in [-0.39, 0.29) is 18.1 Å². The van der Waals surface area contributed by atoms with E-state index in [0.29, 0.717) is 0 Å². The van der Waals surface area contributed by atoms with Gasteiger partial charge in [0.15, 0.2) is 0 Å². The van der Waals surface area contributed by atoms with Crippen molar-refractivity contribution in [2.75, 3.05) is 0 Å². The van der Waals surface area contributed by atoms with Crippen molar-refractivity contribution < 1.29 is 0 Å². The minimum Gasteiger partial charge on any atom is -0.328 e. The monoisotopic (exact) mass is 385 g/mol. The number of hydrogen-bond donors (Lipinski definition) is 2. The summed E-state index contributed by atoms with van der Waals surface area (Å²) >= 11 is 0. The lowest BCUT2D eigenvalue weighted by Crippen LogP contribution is -2.31. The number of rotatable bonds is 7. The Morgan fingerprint density at radius 3 is 1.66 bits per heavy atom. The second-order valence-corrected chi connectivity index (χ2v) is 7.40. The number of hydrogen-bond acceptors (Lipinski definition) is 3. The van der Waals surface area contributed by atoms with Gasteiger partial charge in [0.25, 0.3) is 0 Å². The summed E-state index contributed by atoms with van der Waals surface area (Å²) in [6, 6.07) is 33.1. The summed E-state index contributed by atoms with van der Waals surface area (Å²) in [7, 11) is 0. The molecule has 3 unspecified atom stereocenters. The first-order valence-corrected chi connectivity index (χ1v) is 10.1. The van der Waals surface area contributed by atoms with Crippen LogP contribution in [0.1, 0.15) is 36.6 Å². The molecule has 0 aliphatic rings. The lowest BCUT2D eigenvalue weighted by molar-refractivity contribution is 0.510. The molecule has 0 heterocycles. The Bertz CT molecular complexity index is 839. The molecule has 0 radical (unpaired) electrons. The van der Waals surface area contributed by atoms with Crippen molar-refractivity contribution in [3.8, 4) is 6.07 Å². The van der Waals surface area contributed by atoms with Gasteiger partial charge in [0, 0.05) is 12.1 Å². The van der Waals surface area contributed by atoms with Crippen LogP contribution in [0.15, 0.2) is 91.0 Å². The van der Waals surface area contributed by atoms with E-state index >= 15 is 0 Å². The Morgan fingerprint density at radius 1 is 0.759 bits per heavy atom. The van der Waals surface area contributed by atoms with E-state index in [1.54, 1.807) is 0 Å². The van der Waals surface area contributed by atoms with Gasteiger partial charge in [-0.05, 0) is 43.4 Å². The summed E-state index contributed by atoms with van der Waals surface area (Å²) < 4.78 is 0. The fourth-order valence-corrected chi connectivity index (χ4v) is 3.15. The molecule has 0 bridgehead atoms. The molecule has 0 saturated heterocycles. The summed E-state index contributed by atoms with van der Waals surface area (Å²) in [6.07, 6.45) is 1.90. The van der Waals surface area contributed by atoms with Crippen LogP contribution in [0.3, 0.4) is 0 Å². The SMILES string of the molecule is CC(Cc1ccccc1)NC(C#N)c1ccccc1.CC(N)Cc1ccccc1. The highest BCUT2D eigenvalue weighted by molar-refractivity contribution is 5.24. The molecule has 0 aliphatic heterocycles. The molecule has 0 aromatic heterocycles. The predicted octanol–water partition coefficient (Wildman–Crippen LogP) is 5.05. The van der Waals surface area contributed by atoms with E-state index in [4.69, 9.17) is 5.73 Å². The standard InChI is InChI=1S/C17H18N2.C9H13N/c1-14(12-15-8-4-2-5-9-15)19-17(13-18)16-10-6-3-7-11-16;1-8(10)7-9-5-3-2-4-6-9/h2-11,14,17,19H,12H2,1H3;2-6,8H,7,10H2,1H3.